The lowest BCUT2D eigenvalue weighted by molar-refractivity contribution is -0.137. The second-order valence-electron chi connectivity index (χ2n) is 5.30. The second-order valence-corrected chi connectivity index (χ2v) is 5.30. The largest absolute Gasteiger partial charge is 0.416 e. The van der Waals surface area contributed by atoms with Crippen molar-refractivity contribution < 1.29 is 13.2 Å². The van der Waals surface area contributed by atoms with E-state index in [9.17, 15) is 13.2 Å². The maximum absolute atomic E-state index is 12.7. The van der Waals surface area contributed by atoms with Gasteiger partial charge < -0.3 is 5.32 Å². The number of hydrogen-bond donors (Lipinski definition) is 1. The van der Waals surface area contributed by atoms with E-state index in [1.54, 1.807) is 6.07 Å². The third-order valence-corrected chi connectivity index (χ3v) is 3.56. The van der Waals surface area contributed by atoms with Crippen molar-refractivity contribution in [1.29, 1.82) is 0 Å². The average molecular weight is 271 g/mol. The lowest BCUT2D eigenvalue weighted by Gasteiger charge is -2.18. The van der Waals surface area contributed by atoms with E-state index in [1.807, 2.05) is 0 Å². The minimum atomic E-state index is -4.25. The van der Waals surface area contributed by atoms with Crippen LogP contribution in [-0.4, -0.2) is 12.6 Å². The Hall–Kier alpha value is -1.03. The Morgan fingerprint density at radius 2 is 2.05 bits per heavy atom. The van der Waals surface area contributed by atoms with Gasteiger partial charge in [0.2, 0.25) is 0 Å². The number of benzene rings is 1. The molecule has 1 aliphatic rings. The molecule has 0 saturated heterocycles. The van der Waals surface area contributed by atoms with Gasteiger partial charge in [0.25, 0.3) is 0 Å². The number of rotatable bonds is 6. The fourth-order valence-electron chi connectivity index (χ4n) is 2.36. The van der Waals surface area contributed by atoms with E-state index < -0.39 is 11.7 Å². The molecule has 1 atom stereocenters. The molecule has 0 bridgehead atoms. The van der Waals surface area contributed by atoms with E-state index >= 15 is 0 Å². The summed E-state index contributed by atoms with van der Waals surface area (Å²) in [4.78, 5) is 0. The van der Waals surface area contributed by atoms with Crippen LogP contribution >= 0.6 is 0 Å². The molecule has 1 aromatic carbocycles. The summed E-state index contributed by atoms with van der Waals surface area (Å²) in [5, 5.41) is 3.46. The van der Waals surface area contributed by atoms with E-state index in [4.69, 9.17) is 0 Å². The zero-order valence-corrected chi connectivity index (χ0v) is 11.1. The Labute approximate surface area is 112 Å². The molecule has 0 spiro atoms. The Bertz CT molecular complexity index is 410. The van der Waals surface area contributed by atoms with Crippen LogP contribution < -0.4 is 5.32 Å². The third kappa shape index (κ3) is 4.23. The Morgan fingerprint density at radius 3 is 2.63 bits per heavy atom. The maximum Gasteiger partial charge on any atom is 0.416 e. The summed E-state index contributed by atoms with van der Waals surface area (Å²) >= 11 is 0. The zero-order chi connectivity index (χ0) is 13.9. The van der Waals surface area contributed by atoms with Gasteiger partial charge >= 0.3 is 6.18 Å². The van der Waals surface area contributed by atoms with Crippen molar-refractivity contribution in [3.05, 3.63) is 35.4 Å². The summed E-state index contributed by atoms with van der Waals surface area (Å²) in [6.07, 6.45) is -0.122. The molecule has 0 aliphatic heterocycles. The van der Waals surface area contributed by atoms with Crippen LogP contribution in [0.2, 0.25) is 0 Å². The number of halogens is 3. The predicted octanol–water partition coefficient (Wildman–Crippen LogP) is 4.03. The van der Waals surface area contributed by atoms with Crippen molar-refractivity contribution in [1.82, 2.24) is 5.32 Å². The molecule has 1 aliphatic carbocycles. The smallest absolute Gasteiger partial charge is 0.313 e. The summed E-state index contributed by atoms with van der Waals surface area (Å²) in [5.41, 5.74) is 0.227. The quantitative estimate of drug-likeness (QED) is 0.823. The van der Waals surface area contributed by atoms with E-state index in [0.717, 1.165) is 24.6 Å². The van der Waals surface area contributed by atoms with Gasteiger partial charge in [-0.2, -0.15) is 13.2 Å². The molecular weight excluding hydrogens is 251 g/mol. The minimum absolute atomic E-state index is 0.323. The number of nitrogens with one attached hydrogen (secondary N) is 1. The molecule has 0 aromatic heterocycles. The molecule has 106 valence electrons. The van der Waals surface area contributed by atoms with Crippen LogP contribution in [-0.2, 0) is 12.6 Å². The van der Waals surface area contributed by atoms with Gasteiger partial charge in [-0.15, -0.1) is 0 Å². The van der Waals surface area contributed by atoms with Crippen LogP contribution in [0.5, 0.6) is 0 Å². The van der Waals surface area contributed by atoms with Crippen LogP contribution in [0.4, 0.5) is 13.2 Å². The summed E-state index contributed by atoms with van der Waals surface area (Å²) in [5.74, 6) is 0.640. The molecule has 1 unspecified atom stereocenters. The average Bonchev–Trinajstić information content (AvgIpc) is 3.18. The van der Waals surface area contributed by atoms with Crippen LogP contribution in [0, 0.1) is 5.92 Å². The van der Waals surface area contributed by atoms with Crippen LogP contribution in [0.3, 0.4) is 0 Å². The van der Waals surface area contributed by atoms with E-state index in [-0.39, 0.29) is 0 Å². The molecule has 19 heavy (non-hydrogen) atoms. The second kappa shape index (κ2) is 5.95. The van der Waals surface area contributed by atoms with Gasteiger partial charge in [-0.25, -0.2) is 0 Å². The molecular formula is C15H20F3N. The van der Waals surface area contributed by atoms with Crippen LogP contribution in [0.25, 0.3) is 0 Å². The van der Waals surface area contributed by atoms with Gasteiger partial charge in [-0.1, -0.05) is 25.1 Å². The minimum Gasteiger partial charge on any atom is -0.313 e. The molecule has 0 radical (unpaired) electrons. The summed E-state index contributed by atoms with van der Waals surface area (Å²) in [6, 6.07) is 6.03. The standard InChI is InChI=1S/C15H20F3N/c1-2-8-19-14(12-6-7-12)10-11-4-3-5-13(9-11)15(16,17)18/h3-5,9,12,14,19H,2,6-8,10H2,1H3. The number of alkyl halides is 3. The zero-order valence-electron chi connectivity index (χ0n) is 11.1. The lowest BCUT2D eigenvalue weighted by atomic mass is 10.00. The van der Waals surface area contributed by atoms with Gasteiger partial charge in [0.05, 0.1) is 5.56 Å². The molecule has 0 amide bonds. The maximum atomic E-state index is 12.7. The van der Waals surface area contributed by atoms with Crippen molar-refractivity contribution in [2.45, 2.75) is 44.8 Å². The first-order valence-corrected chi connectivity index (χ1v) is 6.90. The van der Waals surface area contributed by atoms with E-state index in [1.165, 1.54) is 25.0 Å². The van der Waals surface area contributed by atoms with Crippen molar-refractivity contribution in [2.75, 3.05) is 6.54 Å². The monoisotopic (exact) mass is 271 g/mol. The summed E-state index contributed by atoms with van der Waals surface area (Å²) in [6.45, 7) is 3.03. The Morgan fingerprint density at radius 1 is 1.32 bits per heavy atom. The van der Waals surface area contributed by atoms with E-state index in [0.29, 0.717) is 18.4 Å². The SMILES string of the molecule is CCCNC(Cc1cccc(C(F)(F)F)c1)C1CC1. The topological polar surface area (TPSA) is 12.0 Å². The van der Waals surface area contributed by atoms with Gasteiger partial charge in [0.1, 0.15) is 0 Å². The fourth-order valence-corrected chi connectivity index (χ4v) is 2.36. The molecule has 1 saturated carbocycles. The van der Waals surface area contributed by atoms with Gasteiger partial charge in [0, 0.05) is 6.04 Å². The fraction of sp³-hybridized carbons (Fsp3) is 0.600. The highest BCUT2D eigenvalue weighted by atomic mass is 19.4. The summed E-state index contributed by atoms with van der Waals surface area (Å²) in [7, 11) is 0. The Kier molecular flexibility index (Phi) is 4.50. The highest BCUT2D eigenvalue weighted by Gasteiger charge is 2.32. The van der Waals surface area contributed by atoms with Crippen molar-refractivity contribution in [3.63, 3.8) is 0 Å². The van der Waals surface area contributed by atoms with Gasteiger partial charge in [-0.05, 0) is 49.8 Å². The van der Waals surface area contributed by atoms with Gasteiger partial charge in [-0.3, -0.25) is 0 Å². The van der Waals surface area contributed by atoms with Crippen molar-refractivity contribution in [2.24, 2.45) is 5.92 Å². The summed E-state index contributed by atoms with van der Waals surface area (Å²) < 4.78 is 38.0. The van der Waals surface area contributed by atoms with Gasteiger partial charge in [0.15, 0.2) is 0 Å². The highest BCUT2D eigenvalue weighted by Crippen LogP contribution is 2.35. The molecule has 4 heteroatoms. The van der Waals surface area contributed by atoms with Crippen LogP contribution in [0.1, 0.15) is 37.3 Å². The predicted molar refractivity (Wildman–Crippen MR) is 70.0 cm³/mol. The highest BCUT2D eigenvalue weighted by molar-refractivity contribution is 5.26. The number of hydrogen-bond acceptors (Lipinski definition) is 1. The normalized spacial score (nSPS) is 17.5. The molecule has 1 nitrogen and oxygen atoms in total. The molecule has 1 N–H and O–H groups in total. The van der Waals surface area contributed by atoms with Crippen molar-refractivity contribution >= 4 is 0 Å². The van der Waals surface area contributed by atoms with Crippen molar-refractivity contribution in [3.8, 4) is 0 Å². The first kappa shape index (κ1) is 14.4. The Balaban J connectivity index is 2.04. The molecule has 1 fully saturated rings. The van der Waals surface area contributed by atoms with E-state index in [2.05, 4.69) is 12.2 Å². The lowest BCUT2D eigenvalue weighted by Crippen LogP contribution is -2.33. The molecule has 1 aromatic rings. The first-order chi connectivity index (χ1) is 9.00. The molecule has 0 heterocycles. The van der Waals surface area contributed by atoms with Crippen LogP contribution in [0.15, 0.2) is 24.3 Å². The first-order valence-electron chi connectivity index (χ1n) is 6.90. The molecule has 2 rings (SSSR count). The third-order valence-electron chi connectivity index (χ3n) is 3.56.